The Balaban J connectivity index is 2.87. The molecular formula is C10H17N5O3. The van der Waals surface area contributed by atoms with Crippen molar-refractivity contribution in [3.8, 4) is 0 Å². The highest BCUT2D eigenvalue weighted by Crippen LogP contribution is 2.06. The van der Waals surface area contributed by atoms with Gasteiger partial charge in [0, 0.05) is 13.1 Å². The van der Waals surface area contributed by atoms with Crippen LogP contribution in [0.2, 0.25) is 0 Å². The highest BCUT2D eigenvalue weighted by molar-refractivity contribution is 5.88. The first-order chi connectivity index (χ1) is 8.63. The van der Waals surface area contributed by atoms with Crippen molar-refractivity contribution in [3.05, 3.63) is 11.4 Å². The van der Waals surface area contributed by atoms with Gasteiger partial charge in [-0.3, -0.25) is 4.79 Å². The fourth-order valence-corrected chi connectivity index (χ4v) is 1.41. The van der Waals surface area contributed by atoms with E-state index in [-0.39, 0.29) is 31.3 Å². The summed E-state index contributed by atoms with van der Waals surface area (Å²) in [5.74, 6) is -0.799. The number of likely N-dealkylation sites (N-methyl/N-ethyl adjacent to an activating group) is 1. The Labute approximate surface area is 104 Å². The molecule has 1 rings (SSSR count). The summed E-state index contributed by atoms with van der Waals surface area (Å²) in [6.45, 7) is 4.31. The third-order valence-electron chi connectivity index (χ3n) is 2.17. The fourth-order valence-electron chi connectivity index (χ4n) is 1.41. The van der Waals surface area contributed by atoms with Gasteiger partial charge in [0.25, 0.3) is 0 Å². The van der Waals surface area contributed by atoms with Crippen molar-refractivity contribution in [2.24, 2.45) is 5.73 Å². The normalized spacial score (nSPS) is 10.2. The van der Waals surface area contributed by atoms with E-state index in [9.17, 15) is 9.59 Å². The van der Waals surface area contributed by atoms with Gasteiger partial charge in [0.15, 0.2) is 5.69 Å². The molecule has 0 aliphatic heterocycles. The minimum Gasteiger partial charge on any atom is -0.461 e. The van der Waals surface area contributed by atoms with Gasteiger partial charge >= 0.3 is 5.97 Å². The molecule has 0 aliphatic rings. The molecular weight excluding hydrogens is 238 g/mol. The van der Waals surface area contributed by atoms with E-state index >= 15 is 0 Å². The number of rotatable bonds is 6. The zero-order valence-electron chi connectivity index (χ0n) is 10.5. The van der Waals surface area contributed by atoms with Gasteiger partial charge < -0.3 is 15.8 Å². The molecule has 100 valence electrons. The maximum atomic E-state index is 11.6. The predicted molar refractivity (Wildman–Crippen MR) is 62.6 cm³/mol. The largest absolute Gasteiger partial charge is 0.461 e. The maximum Gasteiger partial charge on any atom is 0.360 e. The van der Waals surface area contributed by atoms with Gasteiger partial charge in [0.2, 0.25) is 5.91 Å². The van der Waals surface area contributed by atoms with E-state index in [1.54, 1.807) is 6.92 Å². The number of amides is 1. The summed E-state index contributed by atoms with van der Waals surface area (Å²) in [7, 11) is 0. The lowest BCUT2D eigenvalue weighted by Crippen LogP contribution is -2.29. The number of carbonyl (C=O) groups excluding carboxylic acids is 2. The number of nitrogens with one attached hydrogen (secondary N) is 1. The fraction of sp³-hybridized carbons (Fsp3) is 0.600. The molecule has 1 heterocycles. The molecule has 8 heteroatoms. The van der Waals surface area contributed by atoms with E-state index in [4.69, 9.17) is 10.5 Å². The van der Waals surface area contributed by atoms with Crippen molar-refractivity contribution >= 4 is 11.9 Å². The second kappa shape index (κ2) is 6.70. The van der Waals surface area contributed by atoms with Crippen molar-refractivity contribution in [3.63, 3.8) is 0 Å². The van der Waals surface area contributed by atoms with E-state index in [1.165, 1.54) is 4.68 Å². The molecule has 0 bridgehead atoms. The van der Waals surface area contributed by atoms with E-state index in [2.05, 4.69) is 15.6 Å². The van der Waals surface area contributed by atoms with E-state index in [0.29, 0.717) is 12.2 Å². The van der Waals surface area contributed by atoms with Crippen LogP contribution in [0.25, 0.3) is 0 Å². The van der Waals surface area contributed by atoms with E-state index < -0.39 is 5.97 Å². The minimum atomic E-state index is -0.583. The van der Waals surface area contributed by atoms with Gasteiger partial charge in [-0.1, -0.05) is 5.21 Å². The number of aromatic nitrogens is 3. The summed E-state index contributed by atoms with van der Waals surface area (Å²) in [6, 6.07) is 0. The number of hydrogen-bond donors (Lipinski definition) is 2. The number of nitrogens with zero attached hydrogens (tertiary/aromatic N) is 3. The number of hydrogen-bond acceptors (Lipinski definition) is 6. The Hall–Kier alpha value is -1.96. The smallest absolute Gasteiger partial charge is 0.360 e. The summed E-state index contributed by atoms with van der Waals surface area (Å²) in [4.78, 5) is 23.0. The van der Waals surface area contributed by atoms with Crippen LogP contribution in [0, 0.1) is 0 Å². The Morgan fingerprint density at radius 1 is 1.44 bits per heavy atom. The second-order valence-corrected chi connectivity index (χ2v) is 3.42. The minimum absolute atomic E-state index is 0.0211. The summed E-state index contributed by atoms with van der Waals surface area (Å²) < 4.78 is 6.13. The molecule has 18 heavy (non-hydrogen) atoms. The van der Waals surface area contributed by atoms with Crippen molar-refractivity contribution < 1.29 is 14.3 Å². The van der Waals surface area contributed by atoms with Gasteiger partial charge in [-0.25, -0.2) is 9.48 Å². The first-order valence-corrected chi connectivity index (χ1v) is 5.70. The average molecular weight is 255 g/mol. The quantitative estimate of drug-likeness (QED) is 0.634. The molecule has 0 atom stereocenters. The molecule has 8 nitrogen and oxygen atoms in total. The standard InChI is InChI=1S/C10H17N5O3/c1-3-12-8(16)6-15-7(5-11)9(13-14-15)10(17)18-4-2/h3-6,11H2,1-2H3,(H,12,16). The molecule has 1 amide bonds. The van der Waals surface area contributed by atoms with Crippen molar-refractivity contribution in [2.45, 2.75) is 26.9 Å². The monoisotopic (exact) mass is 255 g/mol. The Morgan fingerprint density at radius 2 is 2.17 bits per heavy atom. The Morgan fingerprint density at radius 3 is 2.72 bits per heavy atom. The van der Waals surface area contributed by atoms with Crippen LogP contribution in [0.4, 0.5) is 0 Å². The summed E-state index contributed by atoms with van der Waals surface area (Å²) >= 11 is 0. The van der Waals surface area contributed by atoms with Crippen LogP contribution < -0.4 is 11.1 Å². The molecule has 0 aromatic carbocycles. The SMILES string of the molecule is CCNC(=O)Cn1nnc(C(=O)OCC)c1CN. The summed E-state index contributed by atoms with van der Waals surface area (Å²) in [5.41, 5.74) is 5.99. The third-order valence-corrected chi connectivity index (χ3v) is 2.17. The molecule has 0 unspecified atom stereocenters. The van der Waals surface area contributed by atoms with Crippen molar-refractivity contribution in [1.82, 2.24) is 20.3 Å². The number of nitrogens with two attached hydrogens (primary N) is 1. The molecule has 0 spiro atoms. The van der Waals surface area contributed by atoms with Gasteiger partial charge in [-0.05, 0) is 13.8 Å². The van der Waals surface area contributed by atoms with Gasteiger partial charge in [0.05, 0.1) is 12.3 Å². The van der Waals surface area contributed by atoms with Crippen LogP contribution >= 0.6 is 0 Å². The Kier molecular flexibility index (Phi) is 5.25. The lowest BCUT2D eigenvalue weighted by molar-refractivity contribution is -0.121. The lowest BCUT2D eigenvalue weighted by Gasteiger charge is -2.05. The molecule has 0 fully saturated rings. The van der Waals surface area contributed by atoms with Gasteiger partial charge in [-0.15, -0.1) is 5.10 Å². The van der Waals surface area contributed by atoms with Crippen molar-refractivity contribution in [1.29, 1.82) is 0 Å². The summed E-state index contributed by atoms with van der Waals surface area (Å²) in [6.07, 6.45) is 0. The van der Waals surface area contributed by atoms with Crippen LogP contribution in [-0.4, -0.2) is 40.0 Å². The van der Waals surface area contributed by atoms with Crippen LogP contribution in [-0.2, 0) is 22.6 Å². The van der Waals surface area contributed by atoms with Gasteiger partial charge in [-0.2, -0.15) is 0 Å². The molecule has 1 aromatic heterocycles. The van der Waals surface area contributed by atoms with Crippen LogP contribution in [0.3, 0.4) is 0 Å². The molecule has 3 N–H and O–H groups in total. The molecule has 1 aromatic rings. The maximum absolute atomic E-state index is 11.6. The second-order valence-electron chi connectivity index (χ2n) is 3.42. The highest BCUT2D eigenvalue weighted by atomic mass is 16.5. The van der Waals surface area contributed by atoms with Crippen LogP contribution in [0.15, 0.2) is 0 Å². The Bertz CT molecular complexity index is 429. The van der Waals surface area contributed by atoms with Gasteiger partial charge in [0.1, 0.15) is 6.54 Å². The molecule has 0 aliphatic carbocycles. The number of carbonyl (C=O) groups is 2. The lowest BCUT2D eigenvalue weighted by atomic mass is 10.3. The molecule has 0 saturated heterocycles. The molecule has 0 saturated carbocycles. The summed E-state index contributed by atoms with van der Waals surface area (Å²) in [5, 5.41) is 10.1. The first kappa shape index (κ1) is 14.1. The number of ether oxygens (including phenoxy) is 1. The topological polar surface area (TPSA) is 112 Å². The zero-order chi connectivity index (χ0) is 13.5. The highest BCUT2D eigenvalue weighted by Gasteiger charge is 2.20. The van der Waals surface area contributed by atoms with Crippen molar-refractivity contribution in [2.75, 3.05) is 13.2 Å². The average Bonchev–Trinajstić information content (AvgIpc) is 2.72. The first-order valence-electron chi connectivity index (χ1n) is 5.70. The predicted octanol–water partition coefficient (Wildman–Crippen LogP) is -0.950. The van der Waals surface area contributed by atoms with Crippen LogP contribution in [0.5, 0.6) is 0 Å². The third kappa shape index (κ3) is 3.27. The molecule has 0 radical (unpaired) electrons. The van der Waals surface area contributed by atoms with E-state index in [1.807, 2.05) is 6.92 Å². The number of esters is 1. The van der Waals surface area contributed by atoms with E-state index in [0.717, 1.165) is 0 Å². The van der Waals surface area contributed by atoms with Crippen LogP contribution in [0.1, 0.15) is 30.0 Å². The zero-order valence-corrected chi connectivity index (χ0v) is 10.5.